The minimum absolute atomic E-state index is 0.270. The normalized spacial score (nSPS) is 12.6. The fourth-order valence-electron chi connectivity index (χ4n) is 3.77. The van der Waals surface area contributed by atoms with E-state index in [0.717, 1.165) is 10.5 Å². The van der Waals surface area contributed by atoms with E-state index in [1.54, 1.807) is 63.2 Å². The number of anilines is 1. The lowest BCUT2D eigenvalue weighted by atomic mass is 9.99. The Labute approximate surface area is 222 Å². The van der Waals surface area contributed by atoms with Crippen LogP contribution in [0.3, 0.4) is 0 Å². The first-order valence-electron chi connectivity index (χ1n) is 12.1. The molecule has 38 heavy (non-hydrogen) atoms. The molecule has 0 radical (unpaired) electrons. The maximum absolute atomic E-state index is 13.8. The van der Waals surface area contributed by atoms with Gasteiger partial charge in [0.2, 0.25) is 11.8 Å². The van der Waals surface area contributed by atoms with Crippen molar-refractivity contribution in [1.82, 2.24) is 10.2 Å². The van der Waals surface area contributed by atoms with E-state index in [4.69, 9.17) is 10.5 Å². The molecule has 5 N–H and O–H groups in total. The van der Waals surface area contributed by atoms with Crippen LogP contribution in [-0.4, -0.2) is 58.6 Å². The summed E-state index contributed by atoms with van der Waals surface area (Å²) in [6.45, 7) is 9.77. The fourth-order valence-corrected chi connectivity index (χ4v) is 3.77. The Balaban J connectivity index is 2.55. The number of amides is 4. The third-order valence-corrected chi connectivity index (χ3v) is 5.44. The van der Waals surface area contributed by atoms with Gasteiger partial charge >= 0.3 is 6.09 Å². The number of benzene rings is 2. The van der Waals surface area contributed by atoms with E-state index in [1.807, 2.05) is 19.1 Å². The number of aliphatic hydroxyl groups excluding tert-OH is 1. The molecule has 0 aliphatic carbocycles. The highest BCUT2D eigenvalue weighted by Crippen LogP contribution is 2.26. The fraction of sp³-hybridized carbons (Fsp3) is 0.357. The Morgan fingerprint density at radius 1 is 1.13 bits per heavy atom. The molecule has 0 aliphatic rings. The van der Waals surface area contributed by atoms with Gasteiger partial charge in [-0.3, -0.25) is 14.4 Å². The molecule has 0 spiro atoms. The number of nitrogens with two attached hydrogens (primary N) is 1. The number of carbonyl (C=O) groups is 4. The molecule has 2 unspecified atom stereocenters. The van der Waals surface area contributed by atoms with Gasteiger partial charge in [-0.15, -0.1) is 0 Å². The second-order valence-corrected chi connectivity index (χ2v) is 9.71. The van der Waals surface area contributed by atoms with Crippen molar-refractivity contribution < 1.29 is 29.0 Å². The Bertz CT molecular complexity index is 1170. The maximum atomic E-state index is 13.8. The quantitative estimate of drug-likeness (QED) is 0.355. The number of para-hydroxylation sites is 1. The van der Waals surface area contributed by atoms with E-state index in [1.165, 1.54) is 0 Å². The Hall–Kier alpha value is -4.18. The van der Waals surface area contributed by atoms with Crippen molar-refractivity contribution in [2.45, 2.75) is 51.8 Å². The van der Waals surface area contributed by atoms with Crippen molar-refractivity contribution in [2.75, 3.05) is 18.5 Å². The molecule has 0 saturated carbocycles. The first-order valence-corrected chi connectivity index (χ1v) is 12.1. The van der Waals surface area contributed by atoms with Crippen molar-refractivity contribution >= 4 is 35.6 Å². The number of rotatable bonds is 11. The number of aryl methyl sites for hydroxylation is 1. The van der Waals surface area contributed by atoms with Crippen LogP contribution in [0, 0.1) is 6.92 Å². The molecule has 4 amide bonds. The van der Waals surface area contributed by atoms with Crippen LogP contribution in [0.15, 0.2) is 55.1 Å². The molecule has 0 saturated heterocycles. The molecule has 0 aliphatic heterocycles. The number of nitrogens with zero attached hydrogens (tertiary/aromatic N) is 1. The molecular weight excluding hydrogens is 488 g/mol. The zero-order valence-corrected chi connectivity index (χ0v) is 22.2. The number of primary amides is 1. The highest BCUT2D eigenvalue weighted by Gasteiger charge is 2.37. The van der Waals surface area contributed by atoms with Crippen molar-refractivity contribution in [1.29, 1.82) is 0 Å². The van der Waals surface area contributed by atoms with E-state index < -0.39 is 54.5 Å². The second kappa shape index (κ2) is 13.4. The van der Waals surface area contributed by atoms with Gasteiger partial charge in [0.25, 0.3) is 5.91 Å². The minimum Gasteiger partial charge on any atom is -0.444 e. The molecule has 10 nitrogen and oxygen atoms in total. The summed E-state index contributed by atoms with van der Waals surface area (Å²) in [7, 11) is 0. The van der Waals surface area contributed by atoms with E-state index in [2.05, 4.69) is 17.2 Å². The van der Waals surface area contributed by atoms with Crippen LogP contribution in [0.4, 0.5) is 10.5 Å². The van der Waals surface area contributed by atoms with Crippen molar-refractivity contribution in [2.24, 2.45) is 5.73 Å². The zero-order chi connectivity index (χ0) is 28.5. The molecule has 0 heterocycles. The largest absolute Gasteiger partial charge is 0.444 e. The average Bonchev–Trinajstić information content (AvgIpc) is 2.83. The Kier molecular flexibility index (Phi) is 10.6. The lowest BCUT2D eigenvalue weighted by molar-refractivity contribution is -0.142. The number of aliphatic hydroxyl groups is 1. The third-order valence-electron chi connectivity index (χ3n) is 5.44. The van der Waals surface area contributed by atoms with Gasteiger partial charge in [0.1, 0.15) is 17.7 Å². The van der Waals surface area contributed by atoms with Crippen molar-refractivity contribution in [3.63, 3.8) is 0 Å². The van der Waals surface area contributed by atoms with Crippen LogP contribution in [-0.2, 0) is 19.1 Å². The van der Waals surface area contributed by atoms with Gasteiger partial charge in [-0.2, -0.15) is 0 Å². The molecule has 10 heteroatoms. The lowest BCUT2D eigenvalue weighted by Gasteiger charge is -2.34. The van der Waals surface area contributed by atoms with Gasteiger partial charge in [0, 0.05) is 12.2 Å². The van der Waals surface area contributed by atoms with Crippen LogP contribution >= 0.6 is 0 Å². The Morgan fingerprint density at radius 3 is 2.39 bits per heavy atom. The first kappa shape index (κ1) is 30.0. The van der Waals surface area contributed by atoms with E-state index in [9.17, 15) is 24.3 Å². The van der Waals surface area contributed by atoms with Gasteiger partial charge in [0.05, 0.1) is 13.0 Å². The molecule has 2 atom stereocenters. The van der Waals surface area contributed by atoms with Gasteiger partial charge < -0.3 is 31.1 Å². The molecule has 2 aromatic carbocycles. The monoisotopic (exact) mass is 524 g/mol. The molecule has 0 bridgehead atoms. The van der Waals surface area contributed by atoms with Gasteiger partial charge in [-0.1, -0.05) is 49.1 Å². The zero-order valence-electron chi connectivity index (χ0n) is 22.2. The third kappa shape index (κ3) is 8.74. The number of alkyl carbamates (subject to hydrolysis) is 1. The highest BCUT2D eigenvalue weighted by atomic mass is 16.6. The summed E-state index contributed by atoms with van der Waals surface area (Å²) < 4.78 is 5.24. The van der Waals surface area contributed by atoms with Crippen LogP contribution in [0.25, 0.3) is 6.08 Å². The number of nitrogens with one attached hydrogen (secondary N) is 2. The maximum Gasteiger partial charge on any atom is 0.408 e. The lowest BCUT2D eigenvalue weighted by Crippen LogP contribution is -2.54. The smallest absolute Gasteiger partial charge is 0.408 e. The molecule has 0 aromatic heterocycles. The minimum atomic E-state index is -1.44. The average molecular weight is 525 g/mol. The first-order chi connectivity index (χ1) is 17.9. The van der Waals surface area contributed by atoms with Crippen LogP contribution in [0.2, 0.25) is 0 Å². The van der Waals surface area contributed by atoms with Crippen LogP contribution in [0.5, 0.6) is 0 Å². The van der Waals surface area contributed by atoms with E-state index in [-0.39, 0.29) is 6.54 Å². The number of hydrogen-bond acceptors (Lipinski definition) is 6. The van der Waals surface area contributed by atoms with Crippen LogP contribution < -0.4 is 16.4 Å². The molecule has 0 fully saturated rings. The second-order valence-electron chi connectivity index (χ2n) is 9.71. The number of ether oxygens (including phenoxy) is 1. The van der Waals surface area contributed by atoms with E-state index in [0.29, 0.717) is 16.8 Å². The predicted molar refractivity (Wildman–Crippen MR) is 145 cm³/mol. The van der Waals surface area contributed by atoms with Crippen molar-refractivity contribution in [3.8, 4) is 0 Å². The number of hydrogen-bond donors (Lipinski definition) is 4. The summed E-state index contributed by atoms with van der Waals surface area (Å²) in [5.41, 5.74) is 6.99. The highest BCUT2D eigenvalue weighted by molar-refractivity contribution is 6.00. The summed E-state index contributed by atoms with van der Waals surface area (Å²) in [5.74, 6) is -2.20. The number of carbonyl (C=O) groups excluding carboxylic acids is 4. The van der Waals surface area contributed by atoms with Crippen LogP contribution in [0.1, 0.15) is 49.9 Å². The van der Waals surface area contributed by atoms with Gasteiger partial charge in [0.15, 0.2) is 0 Å². The summed E-state index contributed by atoms with van der Waals surface area (Å²) >= 11 is 0. The molecule has 2 aromatic rings. The summed E-state index contributed by atoms with van der Waals surface area (Å²) in [5, 5.41) is 15.1. The van der Waals surface area contributed by atoms with Gasteiger partial charge in [-0.25, -0.2) is 4.79 Å². The standard InChI is InChI=1S/C28H36N4O6/c1-6-19-11-9-12-20(16-19)24(25(35)30-21-13-8-7-10-18(21)2)32(14-15-33)26(36)22(17-23(29)34)31-27(37)38-28(3,4)5/h6-13,16,22,24,33H,1,14-15,17H2,2-5H3,(H2,29,34)(H,30,35)(H,31,37). The summed E-state index contributed by atoms with van der Waals surface area (Å²) in [6.07, 6.45) is 0.118. The molecule has 204 valence electrons. The SMILES string of the molecule is C=Cc1cccc(C(C(=O)Nc2ccccc2C)N(CCO)C(=O)C(CC(N)=O)NC(=O)OC(C)(C)C)c1. The Morgan fingerprint density at radius 2 is 1.82 bits per heavy atom. The summed E-state index contributed by atoms with van der Waals surface area (Å²) in [4.78, 5) is 52.9. The van der Waals surface area contributed by atoms with E-state index >= 15 is 0 Å². The molecule has 2 rings (SSSR count). The van der Waals surface area contributed by atoms with Crippen molar-refractivity contribution in [3.05, 3.63) is 71.8 Å². The van der Waals surface area contributed by atoms with Gasteiger partial charge in [-0.05, 0) is 56.5 Å². The molecular formula is C28H36N4O6. The topological polar surface area (TPSA) is 151 Å². The predicted octanol–water partition coefficient (Wildman–Crippen LogP) is 2.91. The summed E-state index contributed by atoms with van der Waals surface area (Å²) in [6, 6.07) is 11.3.